The lowest BCUT2D eigenvalue weighted by molar-refractivity contribution is -0.383. The number of nitro groups is 1. The van der Waals surface area contributed by atoms with Crippen molar-refractivity contribution in [3.8, 4) is 0 Å². The quantitative estimate of drug-likeness (QED) is 0.459. The zero-order valence-electron chi connectivity index (χ0n) is 9.14. The van der Waals surface area contributed by atoms with E-state index in [1.54, 1.807) is 6.92 Å². The topological polar surface area (TPSA) is 136 Å². The van der Waals surface area contributed by atoms with Gasteiger partial charge in [-0.1, -0.05) is 0 Å². The van der Waals surface area contributed by atoms with E-state index in [9.17, 15) is 14.9 Å². The van der Waals surface area contributed by atoms with Crippen molar-refractivity contribution in [1.82, 2.24) is 9.97 Å². The zero-order chi connectivity index (χ0) is 12.8. The average Bonchev–Trinajstić information content (AvgIpc) is 2.26. The molecule has 0 radical (unpaired) electrons. The standard InChI is InChI=1S/C8H12N6O3/c1-2-10-7-6(14(16)17)8(13-4-12-7)11-3-5(9)15/h4H,2-3H2,1H3,(H2,9,15)(H2,10,11,12,13). The van der Waals surface area contributed by atoms with Crippen molar-refractivity contribution in [3.63, 3.8) is 0 Å². The van der Waals surface area contributed by atoms with Crippen molar-refractivity contribution in [2.24, 2.45) is 5.73 Å². The van der Waals surface area contributed by atoms with Gasteiger partial charge in [0, 0.05) is 6.54 Å². The van der Waals surface area contributed by atoms with Crippen molar-refractivity contribution in [1.29, 1.82) is 0 Å². The lowest BCUT2D eigenvalue weighted by Crippen LogP contribution is -2.23. The Morgan fingerprint density at radius 1 is 1.47 bits per heavy atom. The molecule has 0 saturated carbocycles. The van der Waals surface area contributed by atoms with Gasteiger partial charge in [-0.2, -0.15) is 0 Å². The Kier molecular flexibility index (Phi) is 4.14. The second kappa shape index (κ2) is 5.58. The summed E-state index contributed by atoms with van der Waals surface area (Å²) in [6, 6.07) is 0. The van der Waals surface area contributed by atoms with Crippen LogP contribution in [-0.2, 0) is 4.79 Å². The Morgan fingerprint density at radius 3 is 2.53 bits per heavy atom. The number of hydrogen-bond acceptors (Lipinski definition) is 7. The highest BCUT2D eigenvalue weighted by molar-refractivity contribution is 5.80. The van der Waals surface area contributed by atoms with Crippen molar-refractivity contribution in [2.45, 2.75) is 6.92 Å². The van der Waals surface area contributed by atoms with Gasteiger partial charge in [0.1, 0.15) is 6.33 Å². The first-order valence-corrected chi connectivity index (χ1v) is 4.81. The molecule has 17 heavy (non-hydrogen) atoms. The molecular weight excluding hydrogens is 228 g/mol. The minimum Gasteiger partial charge on any atom is -0.368 e. The van der Waals surface area contributed by atoms with Crippen molar-refractivity contribution in [3.05, 3.63) is 16.4 Å². The van der Waals surface area contributed by atoms with Crippen LogP contribution in [0.2, 0.25) is 0 Å². The zero-order valence-corrected chi connectivity index (χ0v) is 9.14. The van der Waals surface area contributed by atoms with Crippen molar-refractivity contribution in [2.75, 3.05) is 23.7 Å². The van der Waals surface area contributed by atoms with Gasteiger partial charge in [0.05, 0.1) is 11.5 Å². The number of rotatable bonds is 6. The lowest BCUT2D eigenvalue weighted by atomic mass is 10.4. The molecule has 4 N–H and O–H groups in total. The van der Waals surface area contributed by atoms with Crippen LogP contribution in [0.15, 0.2) is 6.33 Å². The number of amides is 1. The minimum absolute atomic E-state index is 0.0419. The summed E-state index contributed by atoms with van der Waals surface area (Å²) in [5.74, 6) is -0.581. The third-order valence-corrected chi connectivity index (χ3v) is 1.78. The second-order valence-corrected chi connectivity index (χ2v) is 3.03. The molecule has 9 nitrogen and oxygen atoms in total. The number of hydrogen-bond donors (Lipinski definition) is 3. The van der Waals surface area contributed by atoms with Gasteiger partial charge in [-0.15, -0.1) is 0 Å². The molecule has 1 amide bonds. The molecule has 0 aliphatic carbocycles. The first kappa shape index (κ1) is 12.6. The van der Waals surface area contributed by atoms with Gasteiger partial charge >= 0.3 is 5.69 Å². The number of nitrogens with one attached hydrogen (secondary N) is 2. The van der Waals surface area contributed by atoms with Crippen molar-refractivity contribution < 1.29 is 9.72 Å². The summed E-state index contributed by atoms with van der Waals surface area (Å²) >= 11 is 0. The van der Waals surface area contributed by atoms with Crippen LogP contribution in [0.4, 0.5) is 17.3 Å². The third kappa shape index (κ3) is 3.26. The normalized spacial score (nSPS) is 9.71. The number of carbonyl (C=O) groups is 1. The third-order valence-electron chi connectivity index (χ3n) is 1.78. The van der Waals surface area contributed by atoms with Gasteiger partial charge in [0.25, 0.3) is 0 Å². The van der Waals surface area contributed by atoms with Gasteiger partial charge in [0.2, 0.25) is 17.5 Å². The highest BCUT2D eigenvalue weighted by Gasteiger charge is 2.22. The van der Waals surface area contributed by atoms with Crippen LogP contribution < -0.4 is 16.4 Å². The maximum Gasteiger partial charge on any atom is 0.353 e. The Morgan fingerprint density at radius 2 is 2.06 bits per heavy atom. The molecule has 0 aliphatic heterocycles. The molecule has 1 rings (SSSR count). The number of aromatic nitrogens is 2. The van der Waals surface area contributed by atoms with Crippen LogP contribution in [0.3, 0.4) is 0 Å². The van der Waals surface area contributed by atoms with Crippen LogP contribution in [-0.4, -0.2) is 33.9 Å². The molecular formula is C8H12N6O3. The maximum absolute atomic E-state index is 10.9. The second-order valence-electron chi connectivity index (χ2n) is 3.03. The van der Waals surface area contributed by atoms with E-state index in [0.29, 0.717) is 6.54 Å². The molecule has 0 unspecified atom stereocenters. The fourth-order valence-corrected chi connectivity index (χ4v) is 1.15. The average molecular weight is 240 g/mol. The SMILES string of the molecule is CCNc1ncnc(NCC(N)=O)c1[N+](=O)[O-]. The molecule has 1 aromatic heterocycles. The van der Waals surface area contributed by atoms with Gasteiger partial charge in [-0.3, -0.25) is 14.9 Å². The number of nitrogens with zero attached hydrogens (tertiary/aromatic N) is 3. The summed E-state index contributed by atoms with van der Waals surface area (Å²) in [7, 11) is 0. The Hall–Kier alpha value is -2.45. The maximum atomic E-state index is 10.9. The molecule has 92 valence electrons. The predicted octanol–water partition coefficient (Wildman–Crippen LogP) is -0.286. The molecule has 0 aliphatic rings. The van der Waals surface area contributed by atoms with Gasteiger partial charge < -0.3 is 16.4 Å². The van der Waals surface area contributed by atoms with Crippen molar-refractivity contribution >= 4 is 23.2 Å². The summed E-state index contributed by atoms with van der Waals surface area (Å²) in [5.41, 5.74) is 4.62. The van der Waals surface area contributed by atoms with Crippen LogP contribution in [0.5, 0.6) is 0 Å². The highest BCUT2D eigenvalue weighted by Crippen LogP contribution is 2.28. The Labute approximate surface area is 96.6 Å². The monoisotopic (exact) mass is 240 g/mol. The lowest BCUT2D eigenvalue weighted by Gasteiger charge is -2.07. The largest absolute Gasteiger partial charge is 0.368 e. The van der Waals surface area contributed by atoms with Gasteiger partial charge in [-0.05, 0) is 6.92 Å². The molecule has 1 heterocycles. The summed E-state index contributed by atoms with van der Waals surface area (Å²) in [6.07, 6.45) is 1.16. The van der Waals surface area contributed by atoms with Crippen LogP contribution in [0.1, 0.15) is 6.92 Å². The fraction of sp³-hybridized carbons (Fsp3) is 0.375. The van der Waals surface area contributed by atoms with E-state index in [1.165, 1.54) is 0 Å². The van der Waals surface area contributed by atoms with E-state index in [1.807, 2.05) is 0 Å². The van der Waals surface area contributed by atoms with E-state index < -0.39 is 10.8 Å². The molecule has 0 bridgehead atoms. The van der Waals surface area contributed by atoms with Crippen LogP contribution in [0.25, 0.3) is 0 Å². The van der Waals surface area contributed by atoms with E-state index >= 15 is 0 Å². The van der Waals surface area contributed by atoms with Crippen LogP contribution >= 0.6 is 0 Å². The first-order valence-electron chi connectivity index (χ1n) is 4.81. The number of nitrogens with two attached hydrogens (primary N) is 1. The van der Waals surface area contributed by atoms with E-state index in [4.69, 9.17) is 5.73 Å². The highest BCUT2D eigenvalue weighted by atomic mass is 16.6. The van der Waals surface area contributed by atoms with E-state index in [2.05, 4.69) is 20.6 Å². The first-order chi connectivity index (χ1) is 8.06. The molecule has 0 spiro atoms. The molecule has 0 aromatic carbocycles. The molecule has 0 fully saturated rings. The van der Waals surface area contributed by atoms with E-state index in [0.717, 1.165) is 6.33 Å². The van der Waals surface area contributed by atoms with E-state index in [-0.39, 0.29) is 23.9 Å². The summed E-state index contributed by atoms with van der Waals surface area (Å²) in [5, 5.41) is 16.1. The summed E-state index contributed by atoms with van der Waals surface area (Å²) in [6.45, 7) is 2.03. The summed E-state index contributed by atoms with van der Waals surface area (Å²) < 4.78 is 0. The van der Waals surface area contributed by atoms with Crippen LogP contribution in [0, 0.1) is 10.1 Å². The molecule has 9 heteroatoms. The smallest absolute Gasteiger partial charge is 0.353 e. The number of carbonyl (C=O) groups excluding carboxylic acids is 1. The molecule has 0 saturated heterocycles. The molecule has 1 aromatic rings. The number of anilines is 2. The minimum atomic E-state index is -0.636. The summed E-state index contributed by atoms with van der Waals surface area (Å²) in [4.78, 5) is 28.3. The van der Waals surface area contributed by atoms with Gasteiger partial charge in [0.15, 0.2) is 0 Å². The fourth-order valence-electron chi connectivity index (χ4n) is 1.15. The predicted molar refractivity (Wildman–Crippen MR) is 60.5 cm³/mol. The van der Waals surface area contributed by atoms with Gasteiger partial charge in [-0.25, -0.2) is 9.97 Å². The Balaban J connectivity index is 3.06. The molecule has 0 atom stereocenters. The number of primary amides is 1. The Bertz CT molecular complexity index is 435.